The lowest BCUT2D eigenvalue weighted by atomic mass is 10.1. The predicted octanol–water partition coefficient (Wildman–Crippen LogP) is 2.99. The third-order valence-electron chi connectivity index (χ3n) is 3.19. The summed E-state index contributed by atoms with van der Waals surface area (Å²) in [6.45, 7) is 4.11. The second-order valence-electron chi connectivity index (χ2n) is 4.35. The van der Waals surface area contributed by atoms with E-state index in [0.717, 1.165) is 31.9 Å². The van der Waals surface area contributed by atoms with E-state index in [4.69, 9.17) is 16.0 Å². The molecule has 2 aromatic rings. The van der Waals surface area contributed by atoms with Gasteiger partial charge in [-0.15, -0.1) is 11.3 Å². The van der Waals surface area contributed by atoms with E-state index in [0.29, 0.717) is 5.22 Å². The van der Waals surface area contributed by atoms with Gasteiger partial charge in [-0.1, -0.05) is 6.07 Å². The molecule has 96 valence electrons. The highest BCUT2D eigenvalue weighted by atomic mass is 35.5. The van der Waals surface area contributed by atoms with Crippen molar-refractivity contribution in [1.82, 2.24) is 10.2 Å². The molecule has 3 heterocycles. The number of piperazine rings is 1. The molecule has 0 unspecified atom stereocenters. The maximum Gasteiger partial charge on any atom is 0.193 e. The van der Waals surface area contributed by atoms with Crippen LogP contribution in [-0.2, 0) is 0 Å². The van der Waals surface area contributed by atoms with Gasteiger partial charge >= 0.3 is 0 Å². The van der Waals surface area contributed by atoms with E-state index in [9.17, 15) is 0 Å². The van der Waals surface area contributed by atoms with Crippen LogP contribution in [0.4, 0.5) is 0 Å². The summed E-state index contributed by atoms with van der Waals surface area (Å²) in [5.74, 6) is 0.935. The summed E-state index contributed by atoms with van der Waals surface area (Å²) in [5.41, 5.74) is 0. The lowest BCUT2D eigenvalue weighted by Gasteiger charge is -2.33. The summed E-state index contributed by atoms with van der Waals surface area (Å²) in [5, 5.41) is 5.94. The van der Waals surface area contributed by atoms with E-state index in [1.807, 2.05) is 12.1 Å². The summed E-state index contributed by atoms with van der Waals surface area (Å²) in [4.78, 5) is 3.75. The topological polar surface area (TPSA) is 28.4 Å². The molecule has 0 bridgehead atoms. The standard InChI is InChI=1S/C13H15ClN2OS/c14-12-4-3-10(17-12)13(11-2-1-9-18-11)16-7-5-15-6-8-16/h1-4,9,13,15H,5-8H2/t13-/m1/s1. The van der Waals surface area contributed by atoms with Gasteiger partial charge in [0.25, 0.3) is 0 Å². The van der Waals surface area contributed by atoms with Gasteiger partial charge in [0.05, 0.1) is 0 Å². The van der Waals surface area contributed by atoms with Crippen LogP contribution in [0.5, 0.6) is 0 Å². The number of halogens is 1. The van der Waals surface area contributed by atoms with Crippen LogP contribution in [0, 0.1) is 0 Å². The normalized spacial score (nSPS) is 18.9. The predicted molar refractivity (Wildman–Crippen MR) is 74.3 cm³/mol. The van der Waals surface area contributed by atoms with Gasteiger partial charge in [-0.2, -0.15) is 0 Å². The number of rotatable bonds is 3. The minimum Gasteiger partial charge on any atom is -0.448 e. The van der Waals surface area contributed by atoms with Crippen molar-refractivity contribution < 1.29 is 4.42 Å². The fourth-order valence-electron chi connectivity index (χ4n) is 2.36. The second kappa shape index (κ2) is 5.45. The number of hydrogen-bond donors (Lipinski definition) is 1. The molecule has 1 N–H and O–H groups in total. The highest BCUT2D eigenvalue weighted by molar-refractivity contribution is 7.10. The Morgan fingerprint density at radius 1 is 1.28 bits per heavy atom. The number of nitrogens with one attached hydrogen (secondary N) is 1. The van der Waals surface area contributed by atoms with E-state index >= 15 is 0 Å². The molecule has 18 heavy (non-hydrogen) atoms. The molecule has 3 rings (SSSR count). The van der Waals surface area contributed by atoms with Gasteiger partial charge in [0.2, 0.25) is 0 Å². The van der Waals surface area contributed by atoms with Gasteiger partial charge in [-0.25, -0.2) is 0 Å². The summed E-state index contributed by atoms with van der Waals surface area (Å²) in [7, 11) is 0. The molecular weight excluding hydrogens is 268 g/mol. The van der Waals surface area contributed by atoms with E-state index in [1.165, 1.54) is 4.88 Å². The van der Waals surface area contributed by atoms with Gasteiger partial charge < -0.3 is 9.73 Å². The van der Waals surface area contributed by atoms with Crippen molar-refractivity contribution in [2.75, 3.05) is 26.2 Å². The molecule has 0 spiro atoms. The first-order valence-corrected chi connectivity index (χ1v) is 7.34. The van der Waals surface area contributed by atoms with Gasteiger partial charge in [0, 0.05) is 31.1 Å². The summed E-state index contributed by atoms with van der Waals surface area (Å²) in [6, 6.07) is 8.24. The average Bonchev–Trinajstić information content (AvgIpc) is 3.04. The molecule has 1 aliphatic rings. The van der Waals surface area contributed by atoms with Crippen LogP contribution in [0.2, 0.25) is 5.22 Å². The molecule has 0 amide bonds. The monoisotopic (exact) mass is 282 g/mol. The molecule has 1 saturated heterocycles. The van der Waals surface area contributed by atoms with Crippen molar-refractivity contribution in [3.63, 3.8) is 0 Å². The molecule has 3 nitrogen and oxygen atoms in total. The molecule has 0 radical (unpaired) electrons. The van der Waals surface area contributed by atoms with Crippen LogP contribution in [0.3, 0.4) is 0 Å². The van der Waals surface area contributed by atoms with Crippen molar-refractivity contribution in [1.29, 1.82) is 0 Å². The smallest absolute Gasteiger partial charge is 0.193 e. The van der Waals surface area contributed by atoms with Crippen molar-refractivity contribution >= 4 is 22.9 Å². The molecular formula is C13H15ClN2OS. The number of thiophene rings is 1. The number of hydrogen-bond acceptors (Lipinski definition) is 4. The highest BCUT2D eigenvalue weighted by Crippen LogP contribution is 2.33. The Morgan fingerprint density at radius 2 is 2.11 bits per heavy atom. The van der Waals surface area contributed by atoms with Crippen LogP contribution < -0.4 is 5.32 Å². The number of furan rings is 1. The quantitative estimate of drug-likeness (QED) is 0.938. The van der Waals surface area contributed by atoms with Crippen LogP contribution in [0.25, 0.3) is 0 Å². The van der Waals surface area contributed by atoms with Crippen molar-refractivity contribution in [2.45, 2.75) is 6.04 Å². The first-order chi connectivity index (χ1) is 8.84. The number of nitrogens with zero attached hydrogens (tertiary/aromatic N) is 1. The zero-order chi connectivity index (χ0) is 12.4. The van der Waals surface area contributed by atoms with Crippen LogP contribution in [0.15, 0.2) is 34.1 Å². The van der Waals surface area contributed by atoms with E-state index in [-0.39, 0.29) is 6.04 Å². The van der Waals surface area contributed by atoms with E-state index in [2.05, 4.69) is 27.7 Å². The molecule has 0 saturated carbocycles. The summed E-state index contributed by atoms with van der Waals surface area (Å²) < 4.78 is 5.63. The fourth-order valence-corrected chi connectivity index (χ4v) is 3.38. The molecule has 1 fully saturated rings. The lowest BCUT2D eigenvalue weighted by Crippen LogP contribution is -2.45. The maximum absolute atomic E-state index is 5.91. The third-order valence-corrected chi connectivity index (χ3v) is 4.32. The van der Waals surface area contributed by atoms with Crippen molar-refractivity contribution in [2.24, 2.45) is 0 Å². The third kappa shape index (κ3) is 2.47. The highest BCUT2D eigenvalue weighted by Gasteiger charge is 2.27. The Kier molecular flexibility index (Phi) is 3.70. The first-order valence-electron chi connectivity index (χ1n) is 6.08. The Balaban J connectivity index is 1.92. The Labute approximate surface area is 115 Å². The lowest BCUT2D eigenvalue weighted by molar-refractivity contribution is 0.182. The van der Waals surface area contributed by atoms with Gasteiger partial charge in [0.1, 0.15) is 11.8 Å². The Morgan fingerprint density at radius 3 is 2.72 bits per heavy atom. The van der Waals surface area contributed by atoms with Gasteiger partial charge in [0.15, 0.2) is 5.22 Å². The summed E-state index contributed by atoms with van der Waals surface area (Å²) >= 11 is 7.67. The largest absolute Gasteiger partial charge is 0.448 e. The van der Waals surface area contributed by atoms with E-state index in [1.54, 1.807) is 11.3 Å². The Hall–Kier alpha value is -0.810. The van der Waals surface area contributed by atoms with Crippen LogP contribution in [0.1, 0.15) is 16.7 Å². The first kappa shape index (κ1) is 12.2. The minimum atomic E-state index is 0.194. The van der Waals surface area contributed by atoms with Gasteiger partial charge in [-0.3, -0.25) is 4.90 Å². The summed E-state index contributed by atoms with van der Waals surface area (Å²) in [6.07, 6.45) is 0. The molecule has 0 aromatic carbocycles. The SMILES string of the molecule is Clc1ccc([C@H](c2cccs2)N2CCNCC2)o1. The molecule has 0 aliphatic carbocycles. The van der Waals surface area contributed by atoms with Crippen molar-refractivity contribution in [3.8, 4) is 0 Å². The average molecular weight is 283 g/mol. The fraction of sp³-hybridized carbons (Fsp3) is 0.385. The van der Waals surface area contributed by atoms with Gasteiger partial charge in [-0.05, 0) is 35.2 Å². The van der Waals surface area contributed by atoms with Crippen molar-refractivity contribution in [3.05, 3.63) is 45.5 Å². The zero-order valence-corrected chi connectivity index (χ0v) is 11.5. The van der Waals surface area contributed by atoms with E-state index < -0.39 is 0 Å². The molecule has 1 atom stereocenters. The molecule has 2 aromatic heterocycles. The second-order valence-corrected chi connectivity index (χ2v) is 5.70. The maximum atomic E-state index is 5.91. The molecule has 5 heteroatoms. The van der Waals surface area contributed by atoms with Crippen LogP contribution in [-0.4, -0.2) is 31.1 Å². The Bertz CT molecular complexity index is 491. The van der Waals surface area contributed by atoms with Crippen LogP contribution >= 0.6 is 22.9 Å². The minimum absolute atomic E-state index is 0.194. The molecule has 1 aliphatic heterocycles. The zero-order valence-electron chi connectivity index (χ0n) is 9.93.